The third-order valence-electron chi connectivity index (χ3n) is 3.98. The van der Waals surface area contributed by atoms with Gasteiger partial charge in [-0.2, -0.15) is 9.97 Å². The van der Waals surface area contributed by atoms with Crippen molar-refractivity contribution in [3.8, 4) is 0 Å². The van der Waals surface area contributed by atoms with Crippen LogP contribution in [-0.2, 0) is 4.74 Å². The molecule has 0 spiro atoms. The van der Waals surface area contributed by atoms with E-state index in [1.165, 1.54) is 12.8 Å². The Labute approximate surface area is 130 Å². The monoisotopic (exact) mass is 304 g/mol. The number of hydrogen-bond acceptors (Lipinski definition) is 6. The number of anilines is 2. The molecular weight excluding hydrogens is 280 g/mol. The van der Waals surface area contributed by atoms with Gasteiger partial charge >= 0.3 is 0 Å². The number of nitrogens with one attached hydrogen (secondary N) is 1. The summed E-state index contributed by atoms with van der Waals surface area (Å²) < 4.78 is 7.80. The van der Waals surface area contributed by atoms with E-state index < -0.39 is 0 Å². The number of aromatic nitrogens is 4. The fraction of sp³-hybridized carbons (Fsp3) is 0.667. The molecule has 7 nitrogen and oxygen atoms in total. The molecule has 0 bridgehead atoms. The average Bonchev–Trinajstić information content (AvgIpc) is 2.97. The van der Waals surface area contributed by atoms with Crippen molar-refractivity contribution in [3.63, 3.8) is 0 Å². The summed E-state index contributed by atoms with van der Waals surface area (Å²) in [5.41, 5.74) is 7.42. The fourth-order valence-electron chi connectivity index (χ4n) is 2.75. The van der Waals surface area contributed by atoms with Gasteiger partial charge in [0.1, 0.15) is 11.7 Å². The van der Waals surface area contributed by atoms with Crippen molar-refractivity contribution >= 4 is 22.9 Å². The number of imidazole rings is 1. The summed E-state index contributed by atoms with van der Waals surface area (Å²) in [6.45, 7) is 3.82. The first-order valence-corrected chi connectivity index (χ1v) is 8.15. The molecule has 0 radical (unpaired) electrons. The molecule has 2 aromatic rings. The van der Waals surface area contributed by atoms with Gasteiger partial charge in [0.2, 0.25) is 5.95 Å². The summed E-state index contributed by atoms with van der Waals surface area (Å²) in [5, 5.41) is 3.25. The van der Waals surface area contributed by atoms with Crippen molar-refractivity contribution in [1.29, 1.82) is 0 Å². The zero-order valence-electron chi connectivity index (χ0n) is 13.1. The van der Waals surface area contributed by atoms with Crippen LogP contribution < -0.4 is 11.1 Å². The second-order valence-corrected chi connectivity index (χ2v) is 5.71. The van der Waals surface area contributed by atoms with E-state index in [0.717, 1.165) is 44.5 Å². The summed E-state index contributed by atoms with van der Waals surface area (Å²) in [6, 6.07) is 0. The van der Waals surface area contributed by atoms with Crippen LogP contribution in [0.4, 0.5) is 11.8 Å². The molecule has 3 rings (SSSR count). The maximum absolute atomic E-state index is 6.02. The second kappa shape index (κ2) is 6.91. The van der Waals surface area contributed by atoms with Crippen molar-refractivity contribution in [2.24, 2.45) is 0 Å². The quantitative estimate of drug-likeness (QED) is 0.797. The molecule has 22 heavy (non-hydrogen) atoms. The predicted octanol–water partition coefficient (Wildman–Crippen LogP) is 2.71. The lowest BCUT2D eigenvalue weighted by Gasteiger charge is -2.23. The van der Waals surface area contributed by atoms with E-state index in [4.69, 9.17) is 10.5 Å². The van der Waals surface area contributed by atoms with Crippen LogP contribution in [0.3, 0.4) is 0 Å². The predicted molar refractivity (Wildman–Crippen MR) is 86.6 cm³/mol. The van der Waals surface area contributed by atoms with E-state index in [1.807, 2.05) is 4.57 Å². The highest BCUT2D eigenvalue weighted by atomic mass is 16.5. The third-order valence-corrected chi connectivity index (χ3v) is 3.98. The van der Waals surface area contributed by atoms with Crippen molar-refractivity contribution in [3.05, 3.63) is 6.33 Å². The molecule has 0 amide bonds. The van der Waals surface area contributed by atoms with Gasteiger partial charge in [0, 0.05) is 13.2 Å². The Morgan fingerprint density at radius 3 is 3.05 bits per heavy atom. The number of rotatable bonds is 6. The molecule has 3 heterocycles. The van der Waals surface area contributed by atoms with E-state index in [9.17, 15) is 0 Å². The van der Waals surface area contributed by atoms with Crippen molar-refractivity contribution < 1.29 is 4.74 Å². The lowest BCUT2D eigenvalue weighted by molar-refractivity contribution is -0.0298. The van der Waals surface area contributed by atoms with Gasteiger partial charge in [-0.1, -0.05) is 19.8 Å². The summed E-state index contributed by atoms with van der Waals surface area (Å²) in [5.74, 6) is 0.983. The Morgan fingerprint density at radius 1 is 1.36 bits per heavy atom. The Morgan fingerprint density at radius 2 is 2.27 bits per heavy atom. The minimum Gasteiger partial charge on any atom is -0.382 e. The van der Waals surface area contributed by atoms with Gasteiger partial charge in [0.05, 0.1) is 6.33 Å². The van der Waals surface area contributed by atoms with Crippen molar-refractivity contribution in [1.82, 2.24) is 19.5 Å². The van der Waals surface area contributed by atoms with Crippen LogP contribution >= 0.6 is 0 Å². The van der Waals surface area contributed by atoms with Gasteiger partial charge in [0.25, 0.3) is 0 Å². The first-order chi connectivity index (χ1) is 10.8. The molecule has 1 unspecified atom stereocenters. The maximum atomic E-state index is 6.02. The van der Waals surface area contributed by atoms with Gasteiger partial charge in [-0.3, -0.25) is 4.57 Å². The Balaban J connectivity index is 1.83. The number of hydrogen-bond donors (Lipinski definition) is 2. The molecule has 1 aliphatic heterocycles. The fourth-order valence-corrected chi connectivity index (χ4v) is 2.75. The minimum atomic E-state index is 0.000918. The van der Waals surface area contributed by atoms with Gasteiger partial charge in [-0.05, 0) is 25.7 Å². The molecule has 1 fully saturated rings. The van der Waals surface area contributed by atoms with Crippen LogP contribution in [-0.4, -0.2) is 32.7 Å². The zero-order valence-corrected chi connectivity index (χ0v) is 13.1. The van der Waals surface area contributed by atoms with Crippen LogP contribution in [0, 0.1) is 0 Å². The normalized spacial score (nSPS) is 18.7. The van der Waals surface area contributed by atoms with Crippen LogP contribution in [0.5, 0.6) is 0 Å². The van der Waals surface area contributed by atoms with E-state index in [1.54, 1.807) is 6.33 Å². The molecule has 2 aromatic heterocycles. The molecule has 1 atom stereocenters. The topological polar surface area (TPSA) is 90.9 Å². The smallest absolute Gasteiger partial charge is 0.226 e. The number of nitrogens with two attached hydrogens (primary N) is 1. The molecule has 0 aromatic carbocycles. The molecule has 1 aliphatic rings. The lowest BCUT2D eigenvalue weighted by Crippen LogP contribution is -2.18. The van der Waals surface area contributed by atoms with E-state index in [-0.39, 0.29) is 6.23 Å². The van der Waals surface area contributed by atoms with E-state index >= 15 is 0 Å². The highest BCUT2D eigenvalue weighted by Crippen LogP contribution is 2.27. The molecular formula is C15H24N6O. The summed E-state index contributed by atoms with van der Waals surface area (Å²) in [6.07, 6.45) is 8.50. The van der Waals surface area contributed by atoms with Crippen LogP contribution in [0.25, 0.3) is 11.2 Å². The zero-order chi connectivity index (χ0) is 15.4. The molecule has 120 valence electrons. The highest BCUT2D eigenvalue weighted by Gasteiger charge is 2.20. The molecule has 1 saturated heterocycles. The third kappa shape index (κ3) is 3.14. The summed E-state index contributed by atoms with van der Waals surface area (Å²) in [4.78, 5) is 13.2. The van der Waals surface area contributed by atoms with E-state index in [2.05, 4.69) is 27.2 Å². The van der Waals surface area contributed by atoms with Gasteiger partial charge in [-0.15, -0.1) is 0 Å². The maximum Gasteiger partial charge on any atom is 0.226 e. The SMILES string of the molecule is CCCCCNc1nc(N)c2ncn(C3CCCCO3)c2n1. The molecule has 0 aliphatic carbocycles. The van der Waals surface area contributed by atoms with Crippen molar-refractivity contribution in [2.45, 2.75) is 51.7 Å². The first-order valence-electron chi connectivity index (χ1n) is 8.15. The average molecular weight is 304 g/mol. The molecule has 7 heteroatoms. The van der Waals surface area contributed by atoms with E-state index in [0.29, 0.717) is 17.3 Å². The van der Waals surface area contributed by atoms with Crippen LogP contribution in [0.2, 0.25) is 0 Å². The standard InChI is InChI=1S/C15H24N6O/c1-2-3-5-8-17-15-19-13(16)12-14(20-15)21(10-18-12)11-7-4-6-9-22-11/h10-11H,2-9H2,1H3,(H3,16,17,19,20). The minimum absolute atomic E-state index is 0.000918. The Hall–Kier alpha value is -1.89. The van der Waals surface area contributed by atoms with Gasteiger partial charge in [-0.25, -0.2) is 4.98 Å². The summed E-state index contributed by atoms with van der Waals surface area (Å²) >= 11 is 0. The largest absolute Gasteiger partial charge is 0.382 e. The molecule has 3 N–H and O–H groups in total. The van der Waals surface area contributed by atoms with Gasteiger partial charge in [0.15, 0.2) is 11.5 Å². The lowest BCUT2D eigenvalue weighted by atomic mass is 10.2. The van der Waals surface area contributed by atoms with Crippen LogP contribution in [0.15, 0.2) is 6.33 Å². The van der Waals surface area contributed by atoms with Crippen molar-refractivity contribution in [2.75, 3.05) is 24.2 Å². The Kier molecular flexibility index (Phi) is 4.72. The van der Waals surface area contributed by atoms with Crippen LogP contribution in [0.1, 0.15) is 51.7 Å². The number of fused-ring (bicyclic) bond motifs is 1. The number of ether oxygens (including phenoxy) is 1. The molecule has 0 saturated carbocycles. The Bertz CT molecular complexity index is 620. The number of unbranched alkanes of at least 4 members (excludes halogenated alkanes) is 2. The first kappa shape index (κ1) is 15.0. The highest BCUT2D eigenvalue weighted by molar-refractivity contribution is 5.82. The summed E-state index contributed by atoms with van der Waals surface area (Å²) in [7, 11) is 0. The number of nitrogen functional groups attached to an aromatic ring is 1. The second-order valence-electron chi connectivity index (χ2n) is 5.71. The van der Waals surface area contributed by atoms with Gasteiger partial charge < -0.3 is 15.8 Å². The number of nitrogens with zero attached hydrogens (tertiary/aromatic N) is 4.